The number of H-pyrrole nitrogens is 1. The molecule has 3 atom stereocenters. The van der Waals surface area contributed by atoms with Crippen LogP contribution in [0.5, 0.6) is 0 Å². The fourth-order valence-corrected chi connectivity index (χ4v) is 3.31. The van der Waals surface area contributed by atoms with Gasteiger partial charge in [-0.2, -0.15) is 0 Å². The molecule has 3 rings (SSSR count). The van der Waals surface area contributed by atoms with Crippen LogP contribution in [0.15, 0.2) is 27.4 Å². The van der Waals surface area contributed by atoms with Crippen LogP contribution < -0.4 is 5.76 Å². The third-order valence-electron chi connectivity index (χ3n) is 4.59. The summed E-state index contributed by atoms with van der Waals surface area (Å²) >= 11 is 0. The summed E-state index contributed by atoms with van der Waals surface area (Å²) in [6.07, 6.45) is 3.05. The van der Waals surface area contributed by atoms with Crippen LogP contribution in [-0.4, -0.2) is 33.6 Å². The molecule has 1 aliphatic rings. The zero-order valence-electron chi connectivity index (χ0n) is 12.5. The number of aliphatic hydroxyl groups is 1. The highest BCUT2D eigenvalue weighted by molar-refractivity contribution is 5.72. The maximum absolute atomic E-state index is 11.2. The van der Waals surface area contributed by atoms with Gasteiger partial charge in [0.15, 0.2) is 5.58 Å². The lowest BCUT2D eigenvalue weighted by atomic mass is 9.96. The summed E-state index contributed by atoms with van der Waals surface area (Å²) in [7, 11) is 0. The summed E-state index contributed by atoms with van der Waals surface area (Å²) in [6, 6.07) is 6.37. The standard InChI is InChI=1S/C16H22N2O3/c1-10-4-3-5-11(2)18(10)9-14(19)12-6-7-13-15(8-12)21-16(20)17-13/h6-8,10-11,14,19H,3-5,9H2,1-2H3,(H,17,20). The Bertz CT molecular complexity index is 665. The van der Waals surface area contributed by atoms with Crippen molar-refractivity contribution in [1.82, 2.24) is 9.88 Å². The van der Waals surface area contributed by atoms with E-state index in [1.165, 1.54) is 19.3 Å². The van der Waals surface area contributed by atoms with E-state index in [2.05, 4.69) is 23.7 Å². The number of rotatable bonds is 3. The predicted molar refractivity (Wildman–Crippen MR) is 81.3 cm³/mol. The zero-order valence-corrected chi connectivity index (χ0v) is 12.5. The van der Waals surface area contributed by atoms with Gasteiger partial charge in [0.2, 0.25) is 0 Å². The van der Waals surface area contributed by atoms with Crippen LogP contribution in [0.3, 0.4) is 0 Å². The normalized spacial score (nSPS) is 25.3. The topological polar surface area (TPSA) is 69.5 Å². The van der Waals surface area contributed by atoms with Gasteiger partial charge < -0.3 is 9.52 Å². The van der Waals surface area contributed by atoms with Crippen molar-refractivity contribution >= 4 is 11.1 Å². The highest BCUT2D eigenvalue weighted by Gasteiger charge is 2.27. The second kappa shape index (κ2) is 5.66. The zero-order chi connectivity index (χ0) is 15.0. The van der Waals surface area contributed by atoms with Gasteiger partial charge >= 0.3 is 5.76 Å². The minimum atomic E-state index is -0.572. The number of nitrogens with one attached hydrogen (secondary N) is 1. The molecule has 0 aliphatic carbocycles. The quantitative estimate of drug-likeness (QED) is 0.911. The second-order valence-corrected chi connectivity index (χ2v) is 6.11. The lowest BCUT2D eigenvalue weighted by Gasteiger charge is -2.40. The summed E-state index contributed by atoms with van der Waals surface area (Å²) in [5.74, 6) is -0.463. The number of aromatic nitrogens is 1. The molecule has 5 heteroatoms. The van der Waals surface area contributed by atoms with E-state index in [1.54, 1.807) is 12.1 Å². The van der Waals surface area contributed by atoms with E-state index < -0.39 is 11.9 Å². The first-order valence-electron chi connectivity index (χ1n) is 7.61. The Hall–Kier alpha value is -1.59. The number of hydrogen-bond acceptors (Lipinski definition) is 4. The Morgan fingerprint density at radius 2 is 2.10 bits per heavy atom. The average molecular weight is 290 g/mol. The number of oxazole rings is 1. The number of benzene rings is 1. The first-order valence-corrected chi connectivity index (χ1v) is 7.61. The molecule has 1 aromatic carbocycles. The fourth-order valence-electron chi connectivity index (χ4n) is 3.31. The molecule has 5 nitrogen and oxygen atoms in total. The van der Waals surface area contributed by atoms with Crippen molar-refractivity contribution < 1.29 is 9.52 Å². The van der Waals surface area contributed by atoms with Crippen LogP contribution in [-0.2, 0) is 0 Å². The molecule has 1 fully saturated rings. The smallest absolute Gasteiger partial charge is 0.408 e. The maximum Gasteiger partial charge on any atom is 0.417 e. The first kappa shape index (κ1) is 14.4. The number of aliphatic hydroxyl groups excluding tert-OH is 1. The average Bonchev–Trinajstić information content (AvgIpc) is 2.81. The van der Waals surface area contributed by atoms with Crippen molar-refractivity contribution in [2.75, 3.05) is 6.54 Å². The Kier molecular flexibility index (Phi) is 3.87. The van der Waals surface area contributed by atoms with E-state index in [1.807, 2.05) is 6.07 Å². The van der Waals surface area contributed by atoms with Gasteiger partial charge in [0.05, 0.1) is 11.6 Å². The molecule has 1 saturated heterocycles. The third kappa shape index (κ3) is 2.89. The fraction of sp³-hybridized carbons (Fsp3) is 0.562. The first-order chi connectivity index (χ1) is 10.0. The van der Waals surface area contributed by atoms with Crippen LogP contribution in [0, 0.1) is 0 Å². The van der Waals surface area contributed by atoms with Crippen LogP contribution in [0.2, 0.25) is 0 Å². The van der Waals surface area contributed by atoms with Gasteiger partial charge in [0.25, 0.3) is 0 Å². The molecule has 0 bridgehead atoms. The Labute approximate surface area is 123 Å². The van der Waals surface area contributed by atoms with E-state index in [9.17, 15) is 9.90 Å². The molecule has 1 aromatic heterocycles. The SMILES string of the molecule is CC1CCCC(C)N1CC(O)c1ccc2[nH]c(=O)oc2c1. The molecule has 2 aromatic rings. The lowest BCUT2D eigenvalue weighted by molar-refractivity contribution is 0.0412. The summed E-state index contributed by atoms with van der Waals surface area (Å²) in [6.45, 7) is 5.05. The minimum Gasteiger partial charge on any atom is -0.408 e. The van der Waals surface area contributed by atoms with Crippen molar-refractivity contribution in [3.63, 3.8) is 0 Å². The lowest BCUT2D eigenvalue weighted by Crippen LogP contribution is -2.45. The van der Waals surface area contributed by atoms with Crippen LogP contribution in [0.4, 0.5) is 0 Å². The van der Waals surface area contributed by atoms with Crippen molar-refractivity contribution in [3.8, 4) is 0 Å². The minimum absolute atomic E-state index is 0.463. The Morgan fingerprint density at radius 1 is 1.38 bits per heavy atom. The number of aromatic amines is 1. The van der Waals surface area contributed by atoms with Crippen molar-refractivity contribution in [1.29, 1.82) is 0 Å². The highest BCUT2D eigenvalue weighted by atomic mass is 16.4. The van der Waals surface area contributed by atoms with E-state index in [-0.39, 0.29) is 0 Å². The van der Waals surface area contributed by atoms with Gasteiger partial charge in [-0.05, 0) is 44.4 Å². The highest BCUT2D eigenvalue weighted by Crippen LogP contribution is 2.26. The summed E-state index contributed by atoms with van der Waals surface area (Å²) in [4.78, 5) is 16.2. The Morgan fingerprint density at radius 3 is 2.81 bits per heavy atom. The molecule has 114 valence electrons. The van der Waals surface area contributed by atoms with Gasteiger partial charge in [-0.25, -0.2) is 4.79 Å². The van der Waals surface area contributed by atoms with Gasteiger partial charge in [-0.1, -0.05) is 12.5 Å². The monoisotopic (exact) mass is 290 g/mol. The van der Waals surface area contributed by atoms with Crippen LogP contribution >= 0.6 is 0 Å². The van der Waals surface area contributed by atoms with Crippen molar-refractivity contribution in [2.24, 2.45) is 0 Å². The molecule has 2 heterocycles. The van der Waals surface area contributed by atoms with Crippen LogP contribution in [0.25, 0.3) is 11.1 Å². The number of hydrogen-bond donors (Lipinski definition) is 2. The summed E-state index contributed by atoms with van der Waals surface area (Å²) in [5, 5.41) is 10.5. The van der Waals surface area contributed by atoms with E-state index in [4.69, 9.17) is 4.42 Å². The summed E-state index contributed by atoms with van der Waals surface area (Å²) in [5.41, 5.74) is 1.95. The molecule has 0 saturated carbocycles. The van der Waals surface area contributed by atoms with E-state index in [0.29, 0.717) is 29.7 Å². The number of fused-ring (bicyclic) bond motifs is 1. The van der Waals surface area contributed by atoms with E-state index in [0.717, 1.165) is 5.56 Å². The van der Waals surface area contributed by atoms with Crippen molar-refractivity contribution in [3.05, 3.63) is 34.3 Å². The molecular formula is C16H22N2O3. The number of β-amino-alcohol motifs (C(OH)–C–C–N with tert-alkyl or cyclic N) is 1. The predicted octanol–water partition coefficient (Wildman–Crippen LogP) is 2.42. The molecule has 0 spiro atoms. The van der Waals surface area contributed by atoms with Gasteiger partial charge in [-0.3, -0.25) is 9.88 Å². The molecular weight excluding hydrogens is 268 g/mol. The molecule has 0 radical (unpaired) electrons. The number of piperidine rings is 1. The molecule has 21 heavy (non-hydrogen) atoms. The van der Waals surface area contributed by atoms with Crippen molar-refractivity contribution in [2.45, 2.75) is 51.3 Å². The van der Waals surface area contributed by atoms with E-state index >= 15 is 0 Å². The molecule has 1 aliphatic heterocycles. The van der Waals surface area contributed by atoms with Gasteiger partial charge in [0, 0.05) is 18.6 Å². The maximum atomic E-state index is 11.2. The molecule has 3 unspecified atom stereocenters. The molecule has 0 amide bonds. The molecule has 2 N–H and O–H groups in total. The van der Waals surface area contributed by atoms with Crippen LogP contribution in [0.1, 0.15) is 44.8 Å². The largest absolute Gasteiger partial charge is 0.417 e. The van der Waals surface area contributed by atoms with Gasteiger partial charge in [-0.15, -0.1) is 0 Å². The number of likely N-dealkylation sites (tertiary alicyclic amines) is 1. The Balaban J connectivity index is 1.79. The number of nitrogens with zero attached hydrogens (tertiary/aromatic N) is 1. The summed E-state index contributed by atoms with van der Waals surface area (Å²) < 4.78 is 5.06. The second-order valence-electron chi connectivity index (χ2n) is 6.11. The third-order valence-corrected chi connectivity index (χ3v) is 4.59. The van der Waals surface area contributed by atoms with Gasteiger partial charge in [0.1, 0.15) is 0 Å².